The van der Waals surface area contributed by atoms with Crippen molar-refractivity contribution in [2.45, 2.75) is 19.3 Å². The van der Waals surface area contributed by atoms with E-state index in [9.17, 15) is 0 Å². The molecular formula is C35H24N8O2. The van der Waals surface area contributed by atoms with Gasteiger partial charge in [-0.3, -0.25) is 4.90 Å². The predicted molar refractivity (Wildman–Crippen MR) is 174 cm³/mol. The monoisotopic (exact) mass is 588 g/mol. The quantitative estimate of drug-likeness (QED) is 0.219. The number of rotatable bonds is 0. The molecule has 5 aromatic rings. The molecule has 5 aliphatic rings. The van der Waals surface area contributed by atoms with Crippen LogP contribution in [0.15, 0.2) is 117 Å². The van der Waals surface area contributed by atoms with Crippen molar-refractivity contribution >= 4 is 58.1 Å². The van der Waals surface area contributed by atoms with Gasteiger partial charge in [-0.05, 0) is 6.92 Å². The lowest BCUT2D eigenvalue weighted by molar-refractivity contribution is -0.106. The van der Waals surface area contributed by atoms with Crippen molar-refractivity contribution in [3.05, 3.63) is 130 Å². The van der Waals surface area contributed by atoms with Crippen molar-refractivity contribution in [3.8, 4) is 0 Å². The summed E-state index contributed by atoms with van der Waals surface area (Å²) in [7, 11) is 0. The molecule has 4 aromatic carbocycles. The van der Waals surface area contributed by atoms with E-state index in [4.69, 9.17) is 24.8 Å². The summed E-state index contributed by atoms with van der Waals surface area (Å²) in [6.45, 7) is 1.44. The van der Waals surface area contributed by atoms with Gasteiger partial charge in [0.25, 0.3) is 0 Å². The summed E-state index contributed by atoms with van der Waals surface area (Å²) < 4.78 is 1.68. The van der Waals surface area contributed by atoms with Gasteiger partial charge in [0.05, 0.1) is 0 Å². The van der Waals surface area contributed by atoms with Gasteiger partial charge in [0.15, 0.2) is 17.5 Å². The first-order chi connectivity index (χ1) is 22.2. The number of fused-ring (bicyclic) bond motifs is 14. The molecule has 2 atom stereocenters. The van der Waals surface area contributed by atoms with Crippen LogP contribution in [0.1, 0.15) is 52.6 Å². The van der Waals surface area contributed by atoms with Gasteiger partial charge in [0.2, 0.25) is 0 Å². The van der Waals surface area contributed by atoms with Crippen LogP contribution in [0.5, 0.6) is 0 Å². The Hall–Kier alpha value is -6.16. The van der Waals surface area contributed by atoms with Gasteiger partial charge in [-0.2, -0.15) is 0 Å². The van der Waals surface area contributed by atoms with Crippen LogP contribution in [-0.2, 0) is 4.79 Å². The molecular weight excluding hydrogens is 564 g/mol. The van der Waals surface area contributed by atoms with Gasteiger partial charge in [0, 0.05) is 44.2 Å². The third-order valence-electron chi connectivity index (χ3n) is 8.60. The Morgan fingerprint density at radius 1 is 0.689 bits per heavy atom. The Balaban J connectivity index is 0.000000904. The molecule has 45 heavy (non-hydrogen) atoms. The normalized spacial score (nSPS) is 19.3. The van der Waals surface area contributed by atoms with Crippen molar-refractivity contribution in [2.24, 2.45) is 20.0 Å². The van der Waals surface area contributed by atoms with Crippen LogP contribution in [0.4, 0.5) is 16.4 Å². The number of amides is 1. The molecule has 6 heterocycles. The standard InChI is InChI=1S/C33H20N8O.C2H4O/c42-33-40-29-21-13-5-6-14-22(21)31(40)38-27-19-11-3-4-12-20(19)28(35-27)39-32-24-16-8-7-15-23(24)30(41(32)33)37-26-18-10-2-1-9-17(18)25(34-26)36-29;1-2-3/h1-16,25,32,36H,(H,35,38,39);2H,1H3. The van der Waals surface area contributed by atoms with Gasteiger partial charge >= 0.3 is 6.03 Å². The van der Waals surface area contributed by atoms with E-state index in [1.54, 1.807) is 9.47 Å². The Morgan fingerprint density at radius 2 is 1.33 bits per heavy atom. The number of carbonyl (C=O) groups is 2. The number of anilines is 1. The van der Waals surface area contributed by atoms with Gasteiger partial charge in [-0.15, -0.1) is 0 Å². The number of aliphatic imine (C=N–C) groups is 4. The van der Waals surface area contributed by atoms with Crippen LogP contribution in [0, 0.1) is 0 Å². The fraction of sp³-hybridized carbons (Fsp3) is 0.0857. The first-order valence-electron chi connectivity index (χ1n) is 14.7. The molecule has 0 radical (unpaired) electrons. The number of nitrogens with one attached hydrogen (secondary N) is 2. The summed E-state index contributed by atoms with van der Waals surface area (Å²) in [5, 5.41) is 8.95. The molecule has 0 spiro atoms. The predicted octanol–water partition coefficient (Wildman–Crippen LogP) is 5.90. The van der Waals surface area contributed by atoms with Crippen LogP contribution in [0.3, 0.4) is 0 Å². The average molecular weight is 589 g/mol. The van der Waals surface area contributed by atoms with Crippen molar-refractivity contribution in [1.82, 2.24) is 14.8 Å². The van der Waals surface area contributed by atoms with Crippen LogP contribution >= 0.6 is 0 Å². The zero-order valence-corrected chi connectivity index (χ0v) is 24.0. The SMILES string of the molecule is CC=O.O=C1N2C3=NC4=NC(Nc5c6ccccc6c(n51)N=C1N=C(NC2c2ccccc23)c2ccccc21)c1ccccc14. The van der Waals surface area contributed by atoms with Crippen LogP contribution in [-0.4, -0.2) is 45.1 Å². The maximum atomic E-state index is 15.1. The van der Waals surface area contributed by atoms with Crippen molar-refractivity contribution < 1.29 is 9.59 Å². The lowest BCUT2D eigenvalue weighted by atomic mass is 10.1. The maximum absolute atomic E-state index is 15.1. The summed E-state index contributed by atoms with van der Waals surface area (Å²) in [6.07, 6.45) is -0.233. The highest BCUT2D eigenvalue weighted by molar-refractivity contribution is 6.25. The zero-order valence-electron chi connectivity index (χ0n) is 24.0. The Morgan fingerprint density at radius 3 is 2.13 bits per heavy atom. The highest BCUT2D eigenvalue weighted by atomic mass is 16.2. The Labute approximate surface area is 257 Å². The van der Waals surface area contributed by atoms with E-state index in [-0.39, 0.29) is 6.03 Å². The molecule has 5 aliphatic heterocycles. The topological polar surface area (TPSA) is 116 Å². The van der Waals surface area contributed by atoms with E-state index < -0.39 is 12.3 Å². The molecule has 10 nitrogen and oxygen atoms in total. The number of nitrogens with zero attached hydrogens (tertiary/aromatic N) is 6. The molecule has 0 fully saturated rings. The number of aldehydes is 1. The molecule has 1 aromatic heterocycles. The lowest BCUT2D eigenvalue weighted by Gasteiger charge is -2.29. The van der Waals surface area contributed by atoms with Crippen molar-refractivity contribution in [3.63, 3.8) is 0 Å². The Kier molecular flexibility index (Phi) is 5.31. The van der Waals surface area contributed by atoms with Crippen LogP contribution < -0.4 is 10.6 Å². The summed E-state index contributed by atoms with van der Waals surface area (Å²) in [5.41, 5.74) is 5.60. The minimum Gasteiger partial charge on any atom is -0.345 e. The van der Waals surface area contributed by atoms with Crippen molar-refractivity contribution in [1.29, 1.82) is 0 Å². The lowest BCUT2D eigenvalue weighted by Crippen LogP contribution is -2.45. The minimum absolute atomic E-state index is 0.266. The molecule has 2 N–H and O–H groups in total. The van der Waals surface area contributed by atoms with E-state index in [0.717, 1.165) is 50.4 Å². The van der Waals surface area contributed by atoms with E-state index >= 15 is 4.79 Å². The number of aromatic nitrogens is 1. The smallest absolute Gasteiger partial charge is 0.339 e. The molecule has 0 saturated carbocycles. The summed E-state index contributed by atoms with van der Waals surface area (Å²) in [4.78, 5) is 45.9. The Bertz CT molecular complexity index is 2260. The molecule has 10 heteroatoms. The summed E-state index contributed by atoms with van der Waals surface area (Å²) >= 11 is 0. The fourth-order valence-electron chi connectivity index (χ4n) is 6.73. The summed E-state index contributed by atoms with van der Waals surface area (Å²) in [5.74, 6) is 3.50. The largest absolute Gasteiger partial charge is 0.345 e. The number of amidine groups is 4. The van der Waals surface area contributed by atoms with Crippen LogP contribution in [0.2, 0.25) is 0 Å². The molecule has 0 aliphatic carbocycles. The average Bonchev–Trinajstić information content (AvgIpc) is 3.78. The number of hydrogen-bond donors (Lipinski definition) is 2. The number of carbonyl (C=O) groups excluding carboxylic acids is 2. The molecule has 2 unspecified atom stereocenters. The first kappa shape index (κ1) is 25.3. The second-order valence-electron chi connectivity index (χ2n) is 11.0. The minimum atomic E-state index is -0.560. The number of hydrogen-bond acceptors (Lipinski definition) is 8. The fourth-order valence-corrected chi connectivity index (χ4v) is 6.73. The maximum Gasteiger partial charge on any atom is 0.339 e. The zero-order chi connectivity index (χ0) is 30.2. The highest BCUT2D eigenvalue weighted by Gasteiger charge is 2.45. The molecule has 0 saturated heterocycles. The third-order valence-corrected chi connectivity index (χ3v) is 8.60. The van der Waals surface area contributed by atoms with E-state index in [1.165, 1.54) is 6.92 Å². The van der Waals surface area contributed by atoms with Crippen LogP contribution in [0.25, 0.3) is 10.8 Å². The van der Waals surface area contributed by atoms with E-state index in [0.29, 0.717) is 35.0 Å². The van der Waals surface area contributed by atoms with Gasteiger partial charge in [-0.25, -0.2) is 29.3 Å². The molecule has 10 rings (SSSR count). The summed E-state index contributed by atoms with van der Waals surface area (Å²) in [6, 6.07) is 31.8. The first-order valence-corrected chi connectivity index (χ1v) is 14.7. The van der Waals surface area contributed by atoms with Gasteiger partial charge in [0.1, 0.15) is 36.1 Å². The second-order valence-corrected chi connectivity index (χ2v) is 11.0. The van der Waals surface area contributed by atoms with E-state index in [1.807, 2.05) is 91.0 Å². The van der Waals surface area contributed by atoms with Crippen molar-refractivity contribution in [2.75, 3.05) is 5.32 Å². The molecule has 216 valence electrons. The van der Waals surface area contributed by atoms with E-state index in [2.05, 4.69) is 16.7 Å². The second kappa shape index (κ2) is 9.42. The molecule has 1 amide bonds. The number of benzene rings is 4. The van der Waals surface area contributed by atoms with Gasteiger partial charge in [-0.1, -0.05) is 97.1 Å². The third kappa shape index (κ3) is 3.50. The highest BCUT2D eigenvalue weighted by Crippen LogP contribution is 2.44. The molecule has 6 bridgehead atoms. The van der Waals surface area contributed by atoms with Gasteiger partial charge < -0.3 is 15.4 Å².